The Bertz CT molecular complexity index is 1200. The quantitative estimate of drug-likeness (QED) is 0.607. The van der Waals surface area contributed by atoms with Gasteiger partial charge in [-0.3, -0.25) is 4.79 Å². The van der Waals surface area contributed by atoms with Crippen molar-refractivity contribution in [3.63, 3.8) is 0 Å². The minimum absolute atomic E-state index is 0.0765. The van der Waals surface area contributed by atoms with Gasteiger partial charge in [-0.1, -0.05) is 60.7 Å². The van der Waals surface area contributed by atoms with Crippen molar-refractivity contribution < 1.29 is 4.79 Å². The molecule has 5 heteroatoms. The van der Waals surface area contributed by atoms with Crippen molar-refractivity contribution in [2.75, 3.05) is 19.6 Å². The zero-order valence-corrected chi connectivity index (χ0v) is 20.5. The fourth-order valence-corrected chi connectivity index (χ4v) is 6.91. The number of aromatic nitrogens is 2. The lowest BCUT2D eigenvalue weighted by molar-refractivity contribution is -0.141. The van der Waals surface area contributed by atoms with Gasteiger partial charge in [-0.25, -0.2) is 9.97 Å². The van der Waals surface area contributed by atoms with Gasteiger partial charge >= 0.3 is 0 Å². The SMILES string of the molecule is Cc1ncc2c(n1)CCC[C@]21CNC[C@H]1C(=O)N1CC[C@@H](c2ccccc2)C[C@H]1c1ccccc1. The van der Waals surface area contributed by atoms with E-state index in [1.54, 1.807) is 0 Å². The van der Waals surface area contributed by atoms with Gasteiger partial charge < -0.3 is 10.2 Å². The van der Waals surface area contributed by atoms with E-state index in [-0.39, 0.29) is 17.4 Å². The molecule has 1 spiro atoms. The summed E-state index contributed by atoms with van der Waals surface area (Å²) in [5.41, 5.74) is 4.77. The number of carbonyl (C=O) groups excluding carboxylic acids is 1. The van der Waals surface area contributed by atoms with Gasteiger partial charge in [0.1, 0.15) is 5.82 Å². The number of nitrogens with one attached hydrogen (secondary N) is 1. The number of hydrogen-bond donors (Lipinski definition) is 1. The Morgan fingerprint density at radius 1 is 1.06 bits per heavy atom. The number of amides is 1. The van der Waals surface area contributed by atoms with Crippen molar-refractivity contribution in [2.45, 2.75) is 56.4 Å². The van der Waals surface area contributed by atoms with E-state index in [9.17, 15) is 4.79 Å². The van der Waals surface area contributed by atoms with Crippen LogP contribution in [0.4, 0.5) is 0 Å². The van der Waals surface area contributed by atoms with Crippen LogP contribution in [0.1, 0.15) is 65.9 Å². The summed E-state index contributed by atoms with van der Waals surface area (Å²) in [6, 6.07) is 21.5. The molecule has 6 rings (SSSR count). The van der Waals surface area contributed by atoms with Crippen molar-refractivity contribution >= 4 is 5.91 Å². The van der Waals surface area contributed by atoms with Crippen LogP contribution < -0.4 is 5.32 Å². The second-order valence-electron chi connectivity index (χ2n) is 10.6. The number of rotatable bonds is 3. The number of nitrogens with zero attached hydrogens (tertiary/aromatic N) is 3. The van der Waals surface area contributed by atoms with E-state index in [2.05, 4.69) is 75.9 Å². The smallest absolute Gasteiger partial charge is 0.228 e. The first-order valence-corrected chi connectivity index (χ1v) is 13.1. The third kappa shape index (κ3) is 3.96. The van der Waals surface area contributed by atoms with Crippen LogP contribution in [0.25, 0.3) is 0 Å². The molecular formula is C30H34N4O. The van der Waals surface area contributed by atoms with E-state index < -0.39 is 0 Å². The molecule has 35 heavy (non-hydrogen) atoms. The molecule has 2 saturated heterocycles. The first-order chi connectivity index (χ1) is 17.2. The number of piperidine rings is 1. The van der Waals surface area contributed by atoms with Gasteiger partial charge in [-0.15, -0.1) is 0 Å². The summed E-state index contributed by atoms with van der Waals surface area (Å²) in [4.78, 5) is 26.0. The number of fused-ring (bicyclic) bond motifs is 2. The Kier molecular flexibility index (Phi) is 5.89. The minimum atomic E-state index is -0.199. The number of aryl methyl sites for hydroxylation is 2. The van der Waals surface area contributed by atoms with Crippen LogP contribution in [0.5, 0.6) is 0 Å². The molecule has 0 unspecified atom stereocenters. The van der Waals surface area contributed by atoms with Gasteiger partial charge in [0.15, 0.2) is 0 Å². The van der Waals surface area contributed by atoms with E-state index in [4.69, 9.17) is 4.98 Å². The third-order valence-corrected chi connectivity index (χ3v) is 8.66. The minimum Gasteiger partial charge on any atom is -0.335 e. The zero-order valence-electron chi connectivity index (χ0n) is 20.5. The maximum absolute atomic E-state index is 14.4. The average molecular weight is 467 g/mol. The monoisotopic (exact) mass is 466 g/mol. The molecule has 1 aromatic heterocycles. The van der Waals surface area contributed by atoms with E-state index in [1.165, 1.54) is 16.7 Å². The molecule has 1 aliphatic carbocycles. The fraction of sp³-hybridized carbons (Fsp3) is 0.433. The standard InChI is InChI=1S/C30H34N4O/c1-21-32-19-25-27(33-21)13-8-15-30(25)20-31-18-26(30)29(35)34-16-14-24(22-9-4-2-5-10-22)17-28(34)23-11-6-3-7-12-23/h2-7,9-12,19,24,26,28,31H,8,13-18,20H2,1H3/t24-,26+,28+,30+/m1/s1. The van der Waals surface area contributed by atoms with Crippen LogP contribution >= 0.6 is 0 Å². The van der Waals surface area contributed by atoms with Crippen molar-refractivity contribution in [2.24, 2.45) is 5.92 Å². The Labute approximate surface area is 208 Å². The lowest BCUT2D eigenvalue weighted by Crippen LogP contribution is -2.50. The van der Waals surface area contributed by atoms with Gasteiger partial charge in [-0.05, 0) is 56.1 Å². The summed E-state index contributed by atoms with van der Waals surface area (Å²) in [6.07, 6.45) is 7.06. The molecule has 5 nitrogen and oxygen atoms in total. The number of benzene rings is 2. The Morgan fingerprint density at radius 3 is 2.57 bits per heavy atom. The summed E-state index contributed by atoms with van der Waals surface area (Å²) in [5, 5.41) is 3.59. The highest BCUT2D eigenvalue weighted by Crippen LogP contribution is 2.47. The molecule has 4 atom stereocenters. The van der Waals surface area contributed by atoms with E-state index >= 15 is 0 Å². The maximum Gasteiger partial charge on any atom is 0.228 e. The topological polar surface area (TPSA) is 58.1 Å². The maximum atomic E-state index is 14.4. The fourth-order valence-electron chi connectivity index (χ4n) is 6.91. The van der Waals surface area contributed by atoms with Crippen LogP contribution in [-0.2, 0) is 16.6 Å². The van der Waals surface area contributed by atoms with Crippen LogP contribution in [0, 0.1) is 12.8 Å². The van der Waals surface area contributed by atoms with Crippen molar-refractivity contribution in [3.05, 3.63) is 95.1 Å². The second kappa shape index (κ2) is 9.19. The number of hydrogen-bond acceptors (Lipinski definition) is 4. The summed E-state index contributed by atoms with van der Waals surface area (Å²) in [6.45, 7) is 4.31. The van der Waals surface area contributed by atoms with Crippen LogP contribution in [0.3, 0.4) is 0 Å². The van der Waals surface area contributed by atoms with Crippen LogP contribution in [0.2, 0.25) is 0 Å². The molecule has 3 aliphatic rings. The van der Waals surface area contributed by atoms with Crippen LogP contribution in [0.15, 0.2) is 66.9 Å². The van der Waals surface area contributed by atoms with Gasteiger partial charge in [-0.2, -0.15) is 0 Å². The molecule has 3 heterocycles. The molecular weight excluding hydrogens is 432 g/mol. The van der Waals surface area contributed by atoms with Gasteiger partial charge in [0.05, 0.1) is 12.0 Å². The van der Waals surface area contributed by atoms with E-state index in [1.807, 2.05) is 13.1 Å². The molecule has 180 valence electrons. The van der Waals surface area contributed by atoms with Crippen molar-refractivity contribution in [1.82, 2.24) is 20.2 Å². The summed E-state index contributed by atoms with van der Waals surface area (Å²) in [7, 11) is 0. The molecule has 2 aromatic carbocycles. The van der Waals surface area contributed by atoms with Crippen molar-refractivity contribution in [1.29, 1.82) is 0 Å². The predicted octanol–water partition coefficient (Wildman–Crippen LogP) is 4.73. The van der Waals surface area contributed by atoms with Crippen molar-refractivity contribution in [3.8, 4) is 0 Å². The molecule has 1 amide bonds. The highest BCUT2D eigenvalue weighted by Gasteiger charge is 2.52. The number of carbonyl (C=O) groups is 1. The number of likely N-dealkylation sites (tertiary alicyclic amines) is 1. The molecule has 3 aromatic rings. The van der Waals surface area contributed by atoms with Gasteiger partial charge in [0.25, 0.3) is 0 Å². The molecule has 0 saturated carbocycles. The lowest BCUT2D eigenvalue weighted by atomic mass is 9.65. The summed E-state index contributed by atoms with van der Waals surface area (Å²) >= 11 is 0. The molecule has 1 N–H and O–H groups in total. The highest BCUT2D eigenvalue weighted by atomic mass is 16.2. The second-order valence-corrected chi connectivity index (χ2v) is 10.6. The molecule has 0 bridgehead atoms. The first-order valence-electron chi connectivity index (χ1n) is 13.1. The largest absolute Gasteiger partial charge is 0.335 e. The molecule has 0 radical (unpaired) electrons. The summed E-state index contributed by atoms with van der Waals surface area (Å²) in [5.74, 6) is 1.51. The Hall–Kier alpha value is -3.05. The van der Waals surface area contributed by atoms with E-state index in [0.717, 1.165) is 63.3 Å². The third-order valence-electron chi connectivity index (χ3n) is 8.66. The predicted molar refractivity (Wildman–Crippen MR) is 137 cm³/mol. The summed E-state index contributed by atoms with van der Waals surface area (Å²) < 4.78 is 0. The van der Waals surface area contributed by atoms with Gasteiger partial charge in [0, 0.05) is 42.5 Å². The lowest BCUT2D eigenvalue weighted by Gasteiger charge is -2.45. The van der Waals surface area contributed by atoms with Crippen LogP contribution in [-0.4, -0.2) is 40.4 Å². The molecule has 2 fully saturated rings. The Balaban J connectivity index is 1.34. The highest BCUT2D eigenvalue weighted by molar-refractivity contribution is 5.82. The zero-order chi connectivity index (χ0) is 23.8. The normalized spacial score (nSPS) is 28.1. The van der Waals surface area contributed by atoms with E-state index in [0.29, 0.717) is 11.8 Å². The first kappa shape index (κ1) is 22.4. The molecule has 2 aliphatic heterocycles. The Morgan fingerprint density at radius 2 is 1.80 bits per heavy atom. The average Bonchev–Trinajstić information content (AvgIpc) is 3.32. The van der Waals surface area contributed by atoms with Gasteiger partial charge in [0.2, 0.25) is 5.91 Å².